The number of hydrogen-bond donors (Lipinski definition) is 1. The van der Waals surface area contributed by atoms with Gasteiger partial charge in [-0.3, -0.25) is 4.21 Å². The molecular weight excluding hydrogens is 222 g/mol. The van der Waals surface area contributed by atoms with Crippen molar-refractivity contribution in [2.75, 3.05) is 24.8 Å². The molecule has 0 amide bonds. The summed E-state index contributed by atoms with van der Waals surface area (Å²) >= 11 is 0. The van der Waals surface area contributed by atoms with Crippen molar-refractivity contribution in [3.05, 3.63) is 24.3 Å². The minimum absolute atomic E-state index is 0.276. The van der Waals surface area contributed by atoms with Crippen molar-refractivity contribution in [2.24, 2.45) is 0 Å². The molecule has 0 bridgehead atoms. The first-order chi connectivity index (χ1) is 7.63. The Hall–Kier alpha value is -0.870. The molecule has 0 fully saturated rings. The predicted octanol–water partition coefficient (Wildman–Crippen LogP) is 2.26. The topological polar surface area (TPSA) is 38.3 Å². The van der Waals surface area contributed by atoms with Gasteiger partial charge in [0.25, 0.3) is 0 Å². The number of ether oxygens (including phenoxy) is 1. The first-order valence-electron chi connectivity index (χ1n) is 5.41. The second-order valence-electron chi connectivity index (χ2n) is 3.68. The Morgan fingerprint density at radius 2 is 2.00 bits per heavy atom. The molecule has 0 aromatic heterocycles. The molecule has 0 heterocycles. The summed E-state index contributed by atoms with van der Waals surface area (Å²) in [4.78, 5) is 0.850. The molecule has 0 spiro atoms. The fraction of sp³-hybridized carbons (Fsp3) is 0.500. The molecule has 4 heteroatoms. The molecule has 0 saturated heterocycles. The van der Waals surface area contributed by atoms with Gasteiger partial charge >= 0.3 is 0 Å². The molecule has 2 atom stereocenters. The summed E-state index contributed by atoms with van der Waals surface area (Å²) in [6, 6.07) is 7.92. The largest absolute Gasteiger partial charge is 0.380 e. The minimum atomic E-state index is -0.907. The average molecular weight is 241 g/mol. The molecule has 0 aliphatic heterocycles. The van der Waals surface area contributed by atoms with Crippen LogP contribution < -0.4 is 5.32 Å². The Morgan fingerprint density at radius 1 is 1.38 bits per heavy atom. The minimum Gasteiger partial charge on any atom is -0.380 e. The van der Waals surface area contributed by atoms with Gasteiger partial charge in [-0.05, 0) is 38.1 Å². The zero-order valence-corrected chi connectivity index (χ0v) is 10.8. The molecule has 0 saturated carbocycles. The van der Waals surface area contributed by atoms with E-state index in [0.29, 0.717) is 6.61 Å². The summed E-state index contributed by atoms with van der Waals surface area (Å²) in [5, 5.41) is 3.32. The molecule has 90 valence electrons. The van der Waals surface area contributed by atoms with Gasteiger partial charge in [0.2, 0.25) is 0 Å². The molecular formula is C12H19NO2S. The highest BCUT2D eigenvalue weighted by molar-refractivity contribution is 7.84. The molecule has 0 aliphatic rings. The van der Waals surface area contributed by atoms with Crippen LogP contribution in [-0.2, 0) is 15.5 Å². The fourth-order valence-corrected chi connectivity index (χ4v) is 1.88. The summed E-state index contributed by atoms with van der Waals surface area (Å²) in [5.74, 6) is 0. The van der Waals surface area contributed by atoms with E-state index in [-0.39, 0.29) is 6.04 Å². The number of benzene rings is 1. The lowest BCUT2D eigenvalue weighted by molar-refractivity contribution is 0.141. The number of rotatable bonds is 6. The third kappa shape index (κ3) is 4.33. The van der Waals surface area contributed by atoms with E-state index >= 15 is 0 Å². The second kappa shape index (κ2) is 6.66. The molecule has 0 radical (unpaired) electrons. The van der Waals surface area contributed by atoms with Gasteiger partial charge in [-0.15, -0.1) is 0 Å². The lowest BCUT2D eigenvalue weighted by Gasteiger charge is -2.15. The zero-order valence-electron chi connectivity index (χ0n) is 10.0. The van der Waals surface area contributed by atoms with Crippen molar-refractivity contribution in [3.63, 3.8) is 0 Å². The molecule has 0 unspecified atom stereocenters. The van der Waals surface area contributed by atoms with Crippen LogP contribution in [0.1, 0.15) is 13.8 Å². The van der Waals surface area contributed by atoms with Gasteiger partial charge in [-0.1, -0.05) is 0 Å². The van der Waals surface area contributed by atoms with Crippen LogP contribution in [0.3, 0.4) is 0 Å². The molecule has 1 rings (SSSR count). The lowest BCUT2D eigenvalue weighted by Crippen LogP contribution is -2.21. The van der Waals surface area contributed by atoms with Crippen molar-refractivity contribution in [1.82, 2.24) is 0 Å². The maximum atomic E-state index is 11.2. The Morgan fingerprint density at radius 3 is 2.50 bits per heavy atom. The van der Waals surface area contributed by atoms with E-state index in [2.05, 4.69) is 12.2 Å². The fourth-order valence-electron chi connectivity index (χ4n) is 1.36. The van der Waals surface area contributed by atoms with Crippen molar-refractivity contribution >= 4 is 16.5 Å². The molecule has 1 aromatic carbocycles. The van der Waals surface area contributed by atoms with Crippen LogP contribution >= 0.6 is 0 Å². The van der Waals surface area contributed by atoms with E-state index in [4.69, 9.17) is 4.74 Å². The van der Waals surface area contributed by atoms with Gasteiger partial charge in [-0.2, -0.15) is 0 Å². The number of nitrogens with one attached hydrogen (secondary N) is 1. The van der Waals surface area contributed by atoms with Gasteiger partial charge in [0.1, 0.15) is 0 Å². The third-order valence-corrected chi connectivity index (χ3v) is 3.11. The van der Waals surface area contributed by atoms with Crippen molar-refractivity contribution < 1.29 is 8.95 Å². The standard InChI is InChI=1S/C12H19NO2S/c1-4-15-9-10(2)13-11-5-7-12(8-6-11)16(3)14/h5-8,10,13H,4,9H2,1-3H3/t10-,16-/m0/s1. The normalized spacial score (nSPS) is 14.4. The average Bonchev–Trinajstić information content (AvgIpc) is 2.27. The summed E-state index contributed by atoms with van der Waals surface area (Å²) in [6.07, 6.45) is 1.68. The van der Waals surface area contributed by atoms with E-state index in [0.717, 1.165) is 17.2 Å². The van der Waals surface area contributed by atoms with Crippen LogP contribution in [0.5, 0.6) is 0 Å². The molecule has 16 heavy (non-hydrogen) atoms. The zero-order chi connectivity index (χ0) is 12.0. The number of anilines is 1. The van der Waals surface area contributed by atoms with E-state index < -0.39 is 10.8 Å². The SMILES string of the molecule is CCOC[C@H](C)Nc1ccc([S@](C)=O)cc1. The van der Waals surface area contributed by atoms with Crippen molar-refractivity contribution in [1.29, 1.82) is 0 Å². The molecule has 3 nitrogen and oxygen atoms in total. The van der Waals surface area contributed by atoms with Crippen LogP contribution in [0, 0.1) is 0 Å². The quantitative estimate of drug-likeness (QED) is 0.830. The third-order valence-electron chi connectivity index (χ3n) is 2.17. The van der Waals surface area contributed by atoms with Gasteiger partial charge in [0.15, 0.2) is 0 Å². The Bertz CT molecular complexity index is 337. The highest BCUT2D eigenvalue weighted by Gasteiger charge is 2.02. The van der Waals surface area contributed by atoms with Crippen LogP contribution in [-0.4, -0.2) is 29.7 Å². The monoisotopic (exact) mass is 241 g/mol. The first-order valence-corrected chi connectivity index (χ1v) is 6.97. The van der Waals surface area contributed by atoms with Gasteiger partial charge in [0.05, 0.1) is 6.61 Å². The van der Waals surface area contributed by atoms with E-state index in [9.17, 15) is 4.21 Å². The van der Waals surface area contributed by atoms with Crippen LogP contribution in [0.15, 0.2) is 29.2 Å². The van der Waals surface area contributed by atoms with Crippen molar-refractivity contribution in [2.45, 2.75) is 24.8 Å². The van der Waals surface area contributed by atoms with Crippen LogP contribution in [0.2, 0.25) is 0 Å². The Balaban J connectivity index is 2.51. The van der Waals surface area contributed by atoms with Gasteiger partial charge in [-0.25, -0.2) is 0 Å². The Labute approximate surface area is 99.7 Å². The van der Waals surface area contributed by atoms with E-state index in [1.54, 1.807) is 6.26 Å². The van der Waals surface area contributed by atoms with Crippen molar-refractivity contribution in [3.8, 4) is 0 Å². The molecule has 1 N–H and O–H groups in total. The summed E-state index contributed by atoms with van der Waals surface area (Å²) < 4.78 is 16.5. The second-order valence-corrected chi connectivity index (χ2v) is 5.06. The molecule has 1 aromatic rings. The Kier molecular flexibility index (Phi) is 5.49. The van der Waals surface area contributed by atoms with Crippen LogP contribution in [0.4, 0.5) is 5.69 Å². The summed E-state index contributed by atoms with van der Waals surface area (Å²) in [6.45, 7) is 5.48. The summed E-state index contributed by atoms with van der Waals surface area (Å²) in [5.41, 5.74) is 1.03. The van der Waals surface area contributed by atoms with E-state index in [1.807, 2.05) is 31.2 Å². The number of hydrogen-bond acceptors (Lipinski definition) is 3. The summed E-state index contributed by atoms with van der Waals surface area (Å²) in [7, 11) is -0.907. The van der Waals surface area contributed by atoms with Gasteiger partial charge in [0, 0.05) is 40.3 Å². The van der Waals surface area contributed by atoms with Crippen LogP contribution in [0.25, 0.3) is 0 Å². The first kappa shape index (κ1) is 13.2. The highest BCUT2D eigenvalue weighted by Crippen LogP contribution is 2.12. The molecule has 0 aliphatic carbocycles. The smallest absolute Gasteiger partial charge is 0.0664 e. The maximum Gasteiger partial charge on any atom is 0.0664 e. The highest BCUT2D eigenvalue weighted by atomic mass is 32.2. The lowest BCUT2D eigenvalue weighted by atomic mass is 10.3. The maximum absolute atomic E-state index is 11.2. The van der Waals surface area contributed by atoms with Gasteiger partial charge < -0.3 is 10.1 Å². The van der Waals surface area contributed by atoms with E-state index in [1.165, 1.54) is 0 Å². The predicted molar refractivity (Wildman–Crippen MR) is 68.4 cm³/mol.